The number of hydrogen-bond acceptors (Lipinski definition) is 2. The van der Waals surface area contributed by atoms with Gasteiger partial charge < -0.3 is 10.0 Å². The van der Waals surface area contributed by atoms with Gasteiger partial charge in [0.15, 0.2) is 0 Å². The molecule has 1 N–H and O–H groups in total. The molecule has 0 aliphatic heterocycles. The molecule has 0 radical (unpaired) electrons. The Bertz CT molecular complexity index is 497. The highest BCUT2D eigenvalue weighted by atomic mass is 35.5. The fourth-order valence-electron chi connectivity index (χ4n) is 1.40. The minimum Gasteiger partial charge on any atom is -0.480 e. The van der Waals surface area contributed by atoms with Gasteiger partial charge in [0.2, 0.25) is 0 Å². The number of halogens is 1. The maximum Gasteiger partial charge on any atom is 0.329 e. The minimum atomic E-state index is -1.27. The predicted molar refractivity (Wildman–Crippen MR) is 70.0 cm³/mol. The molecule has 0 aliphatic carbocycles. The second-order valence-corrected chi connectivity index (χ2v) is 5.12. The first-order valence-corrected chi connectivity index (χ1v) is 5.83. The zero-order valence-corrected chi connectivity index (χ0v) is 11.6. The molecule has 0 aromatic heterocycles. The summed E-state index contributed by atoms with van der Waals surface area (Å²) in [7, 11) is 1.47. The van der Waals surface area contributed by atoms with E-state index in [1.54, 1.807) is 25.1 Å². The van der Waals surface area contributed by atoms with Crippen LogP contribution in [-0.4, -0.2) is 34.5 Å². The van der Waals surface area contributed by atoms with Crippen molar-refractivity contribution in [2.24, 2.45) is 0 Å². The molecule has 1 aromatic rings. The van der Waals surface area contributed by atoms with E-state index in [1.807, 2.05) is 0 Å². The Labute approximate surface area is 111 Å². The summed E-state index contributed by atoms with van der Waals surface area (Å²) < 4.78 is 0. The SMILES string of the molecule is Cc1ccc(Cl)cc1C(=O)N(C)C(C)(C)C(=O)O. The van der Waals surface area contributed by atoms with Crippen molar-refractivity contribution in [1.29, 1.82) is 0 Å². The van der Waals surface area contributed by atoms with Gasteiger partial charge >= 0.3 is 5.97 Å². The number of carboxylic acid groups (broad SMARTS) is 1. The van der Waals surface area contributed by atoms with Gasteiger partial charge in [0.1, 0.15) is 5.54 Å². The van der Waals surface area contributed by atoms with Crippen LogP contribution in [0.25, 0.3) is 0 Å². The first-order valence-electron chi connectivity index (χ1n) is 5.45. The van der Waals surface area contributed by atoms with Gasteiger partial charge in [-0.1, -0.05) is 17.7 Å². The Morgan fingerprint density at radius 1 is 1.33 bits per heavy atom. The predicted octanol–water partition coefficient (Wildman–Crippen LogP) is 2.58. The van der Waals surface area contributed by atoms with Crippen molar-refractivity contribution in [3.8, 4) is 0 Å². The van der Waals surface area contributed by atoms with Gasteiger partial charge in [-0.15, -0.1) is 0 Å². The van der Waals surface area contributed by atoms with Crippen molar-refractivity contribution in [3.05, 3.63) is 34.3 Å². The van der Waals surface area contributed by atoms with Crippen LogP contribution < -0.4 is 0 Å². The maximum absolute atomic E-state index is 12.3. The molecular formula is C13H16ClNO3. The van der Waals surface area contributed by atoms with E-state index in [2.05, 4.69) is 0 Å². The lowest BCUT2D eigenvalue weighted by Gasteiger charge is -2.32. The standard InChI is InChI=1S/C13H16ClNO3/c1-8-5-6-9(14)7-10(8)11(16)15(4)13(2,3)12(17)18/h5-7H,1-4H3,(H,17,18). The summed E-state index contributed by atoms with van der Waals surface area (Å²) >= 11 is 5.86. The van der Waals surface area contributed by atoms with Crippen LogP contribution in [0.15, 0.2) is 18.2 Å². The Morgan fingerprint density at radius 2 is 1.89 bits per heavy atom. The molecule has 4 nitrogen and oxygen atoms in total. The van der Waals surface area contributed by atoms with E-state index < -0.39 is 11.5 Å². The molecule has 0 bridgehead atoms. The molecule has 0 unspecified atom stereocenters. The molecule has 0 aliphatic rings. The summed E-state index contributed by atoms with van der Waals surface area (Å²) in [6.07, 6.45) is 0. The monoisotopic (exact) mass is 269 g/mol. The van der Waals surface area contributed by atoms with Gasteiger partial charge in [-0.2, -0.15) is 0 Å². The second kappa shape index (κ2) is 4.98. The fraction of sp³-hybridized carbons (Fsp3) is 0.385. The van der Waals surface area contributed by atoms with Gasteiger partial charge in [0.05, 0.1) is 0 Å². The van der Waals surface area contributed by atoms with Crippen LogP contribution >= 0.6 is 11.6 Å². The number of aliphatic carboxylic acids is 1. The number of benzene rings is 1. The molecule has 0 saturated carbocycles. The van der Waals surface area contributed by atoms with E-state index in [-0.39, 0.29) is 5.91 Å². The van der Waals surface area contributed by atoms with Crippen molar-refractivity contribution >= 4 is 23.5 Å². The van der Waals surface area contributed by atoms with Gasteiger partial charge in [-0.3, -0.25) is 4.79 Å². The molecule has 0 atom stereocenters. The van der Waals surface area contributed by atoms with Crippen LogP contribution in [0.1, 0.15) is 29.8 Å². The fourth-order valence-corrected chi connectivity index (χ4v) is 1.57. The number of rotatable bonds is 3. The molecule has 98 valence electrons. The summed E-state index contributed by atoms with van der Waals surface area (Å²) in [5.41, 5.74) is -0.0944. The molecule has 0 fully saturated rings. The highest BCUT2D eigenvalue weighted by Crippen LogP contribution is 2.21. The smallest absolute Gasteiger partial charge is 0.329 e. The zero-order valence-electron chi connectivity index (χ0n) is 10.8. The molecule has 0 spiro atoms. The average Bonchev–Trinajstić information content (AvgIpc) is 2.30. The van der Waals surface area contributed by atoms with Crippen LogP contribution in [0, 0.1) is 6.92 Å². The lowest BCUT2D eigenvalue weighted by Crippen LogP contribution is -2.50. The third-order valence-electron chi connectivity index (χ3n) is 3.10. The summed E-state index contributed by atoms with van der Waals surface area (Å²) in [4.78, 5) is 24.6. The van der Waals surface area contributed by atoms with E-state index in [0.717, 1.165) is 5.56 Å². The highest BCUT2D eigenvalue weighted by molar-refractivity contribution is 6.31. The van der Waals surface area contributed by atoms with Crippen LogP contribution in [-0.2, 0) is 4.79 Å². The second-order valence-electron chi connectivity index (χ2n) is 4.69. The van der Waals surface area contributed by atoms with E-state index in [4.69, 9.17) is 16.7 Å². The first kappa shape index (κ1) is 14.5. The van der Waals surface area contributed by atoms with Crippen LogP contribution in [0.3, 0.4) is 0 Å². The Balaban J connectivity index is 3.15. The summed E-state index contributed by atoms with van der Waals surface area (Å²) in [6.45, 7) is 4.74. The van der Waals surface area contributed by atoms with Crippen molar-refractivity contribution < 1.29 is 14.7 Å². The third-order valence-corrected chi connectivity index (χ3v) is 3.33. The zero-order chi connectivity index (χ0) is 14.1. The van der Waals surface area contributed by atoms with Crippen LogP contribution in [0.5, 0.6) is 0 Å². The molecule has 0 heterocycles. The van der Waals surface area contributed by atoms with Gasteiger partial charge in [-0.25, -0.2) is 4.79 Å². The number of likely N-dealkylation sites (N-methyl/N-ethyl adjacent to an activating group) is 1. The number of carbonyl (C=O) groups excluding carboxylic acids is 1. The van der Waals surface area contributed by atoms with E-state index >= 15 is 0 Å². The molecule has 0 saturated heterocycles. The number of aryl methyl sites for hydroxylation is 1. The molecule has 18 heavy (non-hydrogen) atoms. The molecule has 5 heteroatoms. The number of carbonyl (C=O) groups is 2. The lowest BCUT2D eigenvalue weighted by molar-refractivity contribution is -0.147. The Morgan fingerprint density at radius 3 is 2.39 bits per heavy atom. The van der Waals surface area contributed by atoms with Crippen molar-refractivity contribution in [1.82, 2.24) is 4.90 Å². The van der Waals surface area contributed by atoms with Gasteiger partial charge in [0, 0.05) is 17.6 Å². The minimum absolute atomic E-state index is 0.359. The largest absolute Gasteiger partial charge is 0.480 e. The molecule has 1 amide bonds. The van der Waals surface area contributed by atoms with Crippen molar-refractivity contribution in [2.75, 3.05) is 7.05 Å². The van der Waals surface area contributed by atoms with E-state index in [9.17, 15) is 9.59 Å². The van der Waals surface area contributed by atoms with Crippen LogP contribution in [0.4, 0.5) is 0 Å². The van der Waals surface area contributed by atoms with Gasteiger partial charge in [-0.05, 0) is 38.5 Å². The summed E-state index contributed by atoms with van der Waals surface area (Å²) in [5.74, 6) is -1.42. The Kier molecular flexibility index (Phi) is 4.02. The number of amides is 1. The Hall–Kier alpha value is -1.55. The maximum atomic E-state index is 12.3. The molecule has 1 aromatic carbocycles. The first-order chi connectivity index (χ1) is 8.17. The summed E-state index contributed by atoms with van der Waals surface area (Å²) in [5, 5.41) is 9.56. The average molecular weight is 270 g/mol. The van der Waals surface area contributed by atoms with Crippen molar-refractivity contribution in [2.45, 2.75) is 26.3 Å². The lowest BCUT2D eigenvalue weighted by atomic mass is 10.0. The van der Waals surface area contributed by atoms with Crippen molar-refractivity contribution in [3.63, 3.8) is 0 Å². The number of hydrogen-bond donors (Lipinski definition) is 1. The third kappa shape index (κ3) is 2.64. The quantitative estimate of drug-likeness (QED) is 0.918. The highest BCUT2D eigenvalue weighted by Gasteiger charge is 2.35. The molecule has 1 rings (SSSR count). The molecular weight excluding hydrogens is 254 g/mol. The summed E-state index contributed by atoms with van der Waals surface area (Å²) in [6, 6.07) is 4.97. The normalized spacial score (nSPS) is 11.2. The van der Waals surface area contributed by atoms with Crippen LogP contribution in [0.2, 0.25) is 5.02 Å². The number of nitrogens with zero attached hydrogens (tertiary/aromatic N) is 1. The number of carboxylic acids is 1. The van der Waals surface area contributed by atoms with E-state index in [0.29, 0.717) is 10.6 Å². The van der Waals surface area contributed by atoms with E-state index in [1.165, 1.54) is 25.8 Å². The topological polar surface area (TPSA) is 57.6 Å². The van der Waals surface area contributed by atoms with Gasteiger partial charge in [0.25, 0.3) is 5.91 Å².